The molecule has 1 fully saturated rings. The van der Waals surface area contributed by atoms with Crippen LogP contribution in [0.3, 0.4) is 0 Å². The molecule has 1 heteroatoms. The van der Waals surface area contributed by atoms with Gasteiger partial charge in [0.25, 0.3) is 0 Å². The fourth-order valence-corrected chi connectivity index (χ4v) is 5.73. The summed E-state index contributed by atoms with van der Waals surface area (Å²) in [6.07, 6.45) is 10.8. The standard InChI is InChI=1S/C9H18.In/c1-3-5-7-9-8-6-4-2;/h1-9H2;. The Morgan fingerprint density at radius 3 is 1.40 bits per heavy atom. The molecule has 1 rings (SSSR count). The summed E-state index contributed by atoms with van der Waals surface area (Å²) in [4.78, 5) is 0. The Bertz CT molecular complexity index is 37.9. The number of rotatable bonds is 0. The zero-order valence-corrected chi connectivity index (χ0v) is 10.2. The van der Waals surface area contributed by atoms with Crippen molar-refractivity contribution < 1.29 is 0 Å². The van der Waals surface area contributed by atoms with E-state index < -0.39 is 0 Å². The maximum atomic E-state index is 1.69. The van der Waals surface area contributed by atoms with E-state index in [1.54, 1.807) is 34.0 Å². The first kappa shape index (κ1) is 8.96. The molecule has 0 amide bonds. The van der Waals surface area contributed by atoms with E-state index in [1.165, 1.54) is 19.3 Å². The van der Waals surface area contributed by atoms with Gasteiger partial charge in [-0.3, -0.25) is 0 Å². The van der Waals surface area contributed by atoms with Crippen LogP contribution in [0, 0.1) is 0 Å². The SMILES string of the molecule is C1CCC[CH2][In][CH2]CCC1. The van der Waals surface area contributed by atoms with Crippen LogP contribution in [0.4, 0.5) is 0 Å². The zero-order valence-electron chi connectivity index (χ0n) is 6.94. The molecule has 0 bridgehead atoms. The fraction of sp³-hybridized carbons (Fsp3) is 1.00. The van der Waals surface area contributed by atoms with Gasteiger partial charge in [-0.2, -0.15) is 0 Å². The van der Waals surface area contributed by atoms with E-state index in [4.69, 9.17) is 0 Å². The van der Waals surface area contributed by atoms with E-state index in [1.807, 2.05) is 0 Å². The summed E-state index contributed by atoms with van der Waals surface area (Å²) in [7, 11) is 0. The molecule has 0 aromatic carbocycles. The monoisotopic (exact) mass is 241 g/mol. The summed E-state index contributed by atoms with van der Waals surface area (Å²) in [5, 5.41) is 0. The summed E-state index contributed by atoms with van der Waals surface area (Å²) >= 11 is 0.0142. The first-order valence-electron chi connectivity index (χ1n) is 4.82. The van der Waals surface area contributed by atoms with Crippen LogP contribution in [0.2, 0.25) is 8.35 Å². The van der Waals surface area contributed by atoms with Crippen molar-refractivity contribution in [3.8, 4) is 0 Å². The first-order valence-corrected chi connectivity index (χ1v) is 9.48. The molecular weight excluding hydrogens is 223 g/mol. The predicted octanol–water partition coefficient (Wildman–Crippen LogP) is 3.27. The molecule has 0 nitrogen and oxygen atoms in total. The van der Waals surface area contributed by atoms with Crippen LogP contribution < -0.4 is 0 Å². The van der Waals surface area contributed by atoms with Crippen LogP contribution in [0.15, 0.2) is 0 Å². The summed E-state index contributed by atoms with van der Waals surface area (Å²) in [6, 6.07) is 0. The van der Waals surface area contributed by atoms with Gasteiger partial charge in [0.15, 0.2) is 0 Å². The number of hydrogen-bond acceptors (Lipinski definition) is 0. The van der Waals surface area contributed by atoms with Gasteiger partial charge in [0.05, 0.1) is 0 Å². The Morgan fingerprint density at radius 2 is 0.900 bits per heavy atom. The average molecular weight is 241 g/mol. The third kappa shape index (κ3) is 4.65. The van der Waals surface area contributed by atoms with E-state index >= 15 is 0 Å². The summed E-state index contributed by atoms with van der Waals surface area (Å²) in [5.74, 6) is 0. The quantitative estimate of drug-likeness (QED) is 0.610. The molecule has 10 heavy (non-hydrogen) atoms. The van der Waals surface area contributed by atoms with E-state index in [-0.39, 0.29) is 22.9 Å². The van der Waals surface area contributed by atoms with Crippen LogP contribution in [-0.2, 0) is 0 Å². The summed E-state index contributed by atoms with van der Waals surface area (Å²) < 4.78 is 3.38. The molecule has 0 N–H and O–H groups in total. The van der Waals surface area contributed by atoms with E-state index in [9.17, 15) is 0 Å². The Labute approximate surface area is 76.1 Å². The normalized spacial score (nSPS) is 23.2. The van der Waals surface area contributed by atoms with Crippen LogP contribution in [0.25, 0.3) is 0 Å². The molecule has 1 heterocycles. The Kier molecular flexibility index (Phi) is 5.89. The second-order valence-electron chi connectivity index (χ2n) is 3.34. The van der Waals surface area contributed by atoms with Gasteiger partial charge in [-0.15, -0.1) is 0 Å². The minimum absolute atomic E-state index is 0.0142. The molecule has 1 aliphatic rings. The summed E-state index contributed by atoms with van der Waals surface area (Å²) in [5.41, 5.74) is 0. The fourth-order valence-electron chi connectivity index (χ4n) is 1.61. The van der Waals surface area contributed by atoms with E-state index in [0.717, 1.165) is 0 Å². The number of hydrogen-bond donors (Lipinski definition) is 0. The van der Waals surface area contributed by atoms with Gasteiger partial charge < -0.3 is 0 Å². The van der Waals surface area contributed by atoms with Crippen LogP contribution in [0.1, 0.15) is 44.9 Å². The third-order valence-corrected chi connectivity index (χ3v) is 6.98. The molecule has 0 aromatic heterocycles. The summed E-state index contributed by atoms with van der Waals surface area (Å²) in [6.45, 7) is 0. The van der Waals surface area contributed by atoms with Crippen molar-refractivity contribution in [2.24, 2.45) is 0 Å². The van der Waals surface area contributed by atoms with Crippen molar-refractivity contribution in [2.75, 3.05) is 0 Å². The van der Waals surface area contributed by atoms with Gasteiger partial charge in [-0.05, 0) is 0 Å². The van der Waals surface area contributed by atoms with E-state index in [2.05, 4.69) is 0 Å². The van der Waals surface area contributed by atoms with Gasteiger partial charge in [-0.25, -0.2) is 0 Å². The first-order chi connectivity index (χ1) is 5.00. The van der Waals surface area contributed by atoms with Gasteiger partial charge in [0.2, 0.25) is 0 Å². The molecule has 0 spiro atoms. The van der Waals surface area contributed by atoms with Crippen molar-refractivity contribution >= 4 is 22.9 Å². The van der Waals surface area contributed by atoms with Gasteiger partial charge >= 0.3 is 76.2 Å². The van der Waals surface area contributed by atoms with Gasteiger partial charge in [-0.1, -0.05) is 0 Å². The van der Waals surface area contributed by atoms with Gasteiger partial charge in [0.1, 0.15) is 0 Å². The van der Waals surface area contributed by atoms with Crippen molar-refractivity contribution in [2.45, 2.75) is 53.3 Å². The molecular formula is C9H18In. The molecule has 0 saturated carbocycles. The topological polar surface area (TPSA) is 0 Å². The average Bonchev–Trinajstić information content (AvgIpc) is 2.01. The Hall–Kier alpha value is 0.870. The van der Waals surface area contributed by atoms with Crippen LogP contribution in [0.5, 0.6) is 0 Å². The zero-order chi connectivity index (χ0) is 7.07. The molecule has 0 unspecified atom stereocenters. The molecule has 0 atom stereocenters. The second-order valence-corrected chi connectivity index (χ2v) is 8.28. The van der Waals surface area contributed by atoms with Crippen molar-refractivity contribution in [3.63, 3.8) is 0 Å². The van der Waals surface area contributed by atoms with Crippen molar-refractivity contribution in [3.05, 3.63) is 0 Å². The van der Waals surface area contributed by atoms with E-state index in [0.29, 0.717) is 0 Å². The minimum atomic E-state index is 0.0142. The van der Waals surface area contributed by atoms with Crippen molar-refractivity contribution in [1.29, 1.82) is 0 Å². The molecule has 0 aromatic rings. The van der Waals surface area contributed by atoms with Crippen LogP contribution in [-0.4, -0.2) is 22.9 Å². The molecule has 1 aliphatic heterocycles. The molecule has 57 valence electrons. The van der Waals surface area contributed by atoms with Crippen molar-refractivity contribution in [1.82, 2.24) is 0 Å². The maximum absolute atomic E-state index is 1.69. The second kappa shape index (κ2) is 6.57. The molecule has 1 saturated heterocycles. The molecule has 0 aliphatic carbocycles. The van der Waals surface area contributed by atoms with Gasteiger partial charge in [0, 0.05) is 0 Å². The van der Waals surface area contributed by atoms with Crippen LogP contribution >= 0.6 is 0 Å². The predicted molar refractivity (Wildman–Crippen MR) is 47.7 cm³/mol. The Morgan fingerprint density at radius 1 is 0.500 bits per heavy atom. The Balaban J connectivity index is 2.00. The third-order valence-electron chi connectivity index (χ3n) is 2.32. The molecule has 1 radical (unpaired) electrons.